The van der Waals surface area contributed by atoms with Crippen molar-refractivity contribution < 1.29 is 66.7 Å². The van der Waals surface area contributed by atoms with Gasteiger partial charge in [-0.05, 0) is 66.2 Å². The predicted octanol–water partition coefficient (Wildman–Crippen LogP) is 5.45. The summed E-state index contributed by atoms with van der Waals surface area (Å²) in [4.78, 5) is 74.5. The fourth-order valence-electron chi connectivity index (χ4n) is 6.56. The largest absolute Gasteiger partial charge is 0.469 e. The quantitative estimate of drug-likeness (QED) is 0.197. The summed E-state index contributed by atoms with van der Waals surface area (Å²) in [5, 5.41) is 0. The van der Waals surface area contributed by atoms with Crippen molar-refractivity contribution in [1.82, 2.24) is 0 Å². The molecule has 2 aromatic rings. The zero-order valence-corrected chi connectivity index (χ0v) is 32.3. The Morgan fingerprint density at radius 3 is 1.15 bits per heavy atom. The van der Waals surface area contributed by atoms with E-state index in [1.165, 1.54) is 28.4 Å². The lowest BCUT2D eigenvalue weighted by molar-refractivity contribution is -0.217. The van der Waals surface area contributed by atoms with E-state index in [1.807, 2.05) is 27.7 Å². The maximum Gasteiger partial charge on any atom is 0.351 e. The van der Waals surface area contributed by atoms with Crippen molar-refractivity contribution in [1.29, 1.82) is 0 Å². The minimum absolute atomic E-state index is 0.283. The van der Waals surface area contributed by atoms with Crippen molar-refractivity contribution in [3.05, 3.63) is 71.8 Å². The van der Waals surface area contributed by atoms with E-state index in [4.69, 9.17) is 37.9 Å². The van der Waals surface area contributed by atoms with Crippen LogP contribution >= 0.6 is 0 Å². The molecule has 0 saturated carbocycles. The van der Waals surface area contributed by atoms with Gasteiger partial charge in [0.2, 0.25) is 12.2 Å². The molecule has 2 fully saturated rings. The fraction of sp³-hybridized carbons (Fsp3) is 0.550. The third kappa shape index (κ3) is 11.6. The van der Waals surface area contributed by atoms with Gasteiger partial charge in [0, 0.05) is 11.1 Å². The molecule has 0 bridgehead atoms. The van der Waals surface area contributed by atoms with Gasteiger partial charge in [0.05, 0.1) is 52.5 Å². The van der Waals surface area contributed by atoms with Crippen LogP contribution in [-0.2, 0) is 66.7 Å². The molecule has 14 heteroatoms. The Morgan fingerprint density at radius 2 is 0.870 bits per heavy atom. The van der Waals surface area contributed by atoms with E-state index in [1.54, 1.807) is 60.7 Å². The maximum atomic E-state index is 13.1. The van der Waals surface area contributed by atoms with Gasteiger partial charge in [-0.15, -0.1) is 0 Å². The van der Waals surface area contributed by atoms with Gasteiger partial charge in [0.1, 0.15) is 0 Å². The molecular weight excluding hydrogens is 704 g/mol. The molecule has 2 saturated heterocycles. The minimum atomic E-state index is -1.50. The summed E-state index contributed by atoms with van der Waals surface area (Å²) in [6.45, 7) is 7.39. The van der Waals surface area contributed by atoms with Gasteiger partial charge < -0.3 is 37.9 Å². The summed E-state index contributed by atoms with van der Waals surface area (Å²) in [5.41, 5.74) is -3.29. The molecule has 0 aromatic heterocycles. The number of hydrogen-bond acceptors (Lipinski definition) is 14. The molecule has 3 unspecified atom stereocenters. The number of carbonyl (C=O) groups excluding carboxylic acids is 6. The number of benzene rings is 2. The van der Waals surface area contributed by atoms with Crippen molar-refractivity contribution in [2.75, 3.05) is 28.4 Å². The molecule has 2 aliphatic rings. The highest BCUT2D eigenvalue weighted by atomic mass is 16.6. The van der Waals surface area contributed by atoms with Crippen LogP contribution in [-0.4, -0.2) is 86.7 Å². The van der Waals surface area contributed by atoms with Crippen molar-refractivity contribution >= 4 is 35.8 Å². The normalized spacial score (nSPS) is 22.4. The summed E-state index contributed by atoms with van der Waals surface area (Å²) in [5.74, 6) is -4.14. The van der Waals surface area contributed by atoms with Crippen molar-refractivity contribution in [3.8, 4) is 0 Å². The Hall–Kier alpha value is -4.82. The van der Waals surface area contributed by atoms with Gasteiger partial charge in [-0.3, -0.25) is 9.59 Å². The van der Waals surface area contributed by atoms with Crippen LogP contribution in [0.5, 0.6) is 0 Å². The summed E-state index contributed by atoms with van der Waals surface area (Å²) < 4.78 is 42.1. The lowest BCUT2D eigenvalue weighted by Gasteiger charge is -2.43. The van der Waals surface area contributed by atoms with E-state index >= 15 is 0 Å². The van der Waals surface area contributed by atoms with Gasteiger partial charge in [0.25, 0.3) is 0 Å². The second-order valence-electron chi connectivity index (χ2n) is 14.4. The van der Waals surface area contributed by atoms with E-state index in [0.717, 1.165) is 12.8 Å². The van der Waals surface area contributed by atoms with Crippen LogP contribution in [0.1, 0.15) is 102 Å². The fourth-order valence-corrected chi connectivity index (χ4v) is 6.56. The van der Waals surface area contributed by atoms with E-state index in [-0.39, 0.29) is 12.8 Å². The highest BCUT2D eigenvalue weighted by Crippen LogP contribution is 2.41. The van der Waals surface area contributed by atoms with Crippen LogP contribution in [0.25, 0.3) is 0 Å². The van der Waals surface area contributed by atoms with Gasteiger partial charge in [0.15, 0.2) is 11.2 Å². The average molecular weight is 757 g/mol. The van der Waals surface area contributed by atoms with E-state index in [9.17, 15) is 28.8 Å². The molecule has 54 heavy (non-hydrogen) atoms. The molecule has 2 aromatic carbocycles. The summed E-state index contributed by atoms with van der Waals surface area (Å²) in [7, 11) is 4.93. The monoisotopic (exact) mass is 756 g/mol. The van der Waals surface area contributed by atoms with Gasteiger partial charge in [-0.1, -0.05) is 60.7 Å². The predicted molar refractivity (Wildman–Crippen MR) is 191 cm³/mol. The molecule has 14 nitrogen and oxygen atoms in total. The lowest BCUT2D eigenvalue weighted by Crippen LogP contribution is -2.53. The first kappa shape index (κ1) is 43.6. The van der Waals surface area contributed by atoms with Crippen molar-refractivity contribution in [2.45, 2.75) is 114 Å². The average Bonchev–Trinajstić information content (AvgIpc) is 3.15. The van der Waals surface area contributed by atoms with Crippen LogP contribution < -0.4 is 0 Å². The highest BCUT2D eigenvalue weighted by Gasteiger charge is 2.52. The van der Waals surface area contributed by atoms with Crippen molar-refractivity contribution in [2.24, 2.45) is 0 Å². The number of rotatable bonds is 12. The molecule has 4 rings (SSSR count). The smallest absolute Gasteiger partial charge is 0.351 e. The first-order valence-corrected chi connectivity index (χ1v) is 17.7. The van der Waals surface area contributed by atoms with Crippen LogP contribution in [0.3, 0.4) is 0 Å². The zero-order valence-electron chi connectivity index (χ0n) is 32.3. The maximum absolute atomic E-state index is 13.1. The highest BCUT2D eigenvalue weighted by molar-refractivity contribution is 5.89. The van der Waals surface area contributed by atoms with E-state index in [2.05, 4.69) is 0 Å². The van der Waals surface area contributed by atoms with Gasteiger partial charge in [-0.2, -0.15) is 0 Å². The molecule has 0 N–H and O–H groups in total. The van der Waals surface area contributed by atoms with Crippen LogP contribution in [0, 0.1) is 0 Å². The number of ether oxygens (including phenoxy) is 8. The van der Waals surface area contributed by atoms with Gasteiger partial charge >= 0.3 is 35.8 Å². The Morgan fingerprint density at radius 1 is 0.537 bits per heavy atom. The Balaban J connectivity index is 0.000000290. The van der Waals surface area contributed by atoms with E-state index in [0.29, 0.717) is 36.8 Å². The molecule has 2 heterocycles. The lowest BCUT2D eigenvalue weighted by atomic mass is 9.84. The summed E-state index contributed by atoms with van der Waals surface area (Å²) >= 11 is 0. The second kappa shape index (κ2) is 19.0. The molecule has 0 aliphatic carbocycles. The number of hydrogen-bond donors (Lipinski definition) is 0. The molecular formula is C40H52O14. The SMILES string of the molecule is COC(=O)CC1(C(=O)OC(C(=O)OC)c2ccccc2)CCCC(C)(C)O1.COC(=O)C[C@@]1(C(=O)OC(C(=O)OC)c2ccccc2)CCCC(C)(C)O1. The second-order valence-corrected chi connectivity index (χ2v) is 14.4. The molecule has 0 amide bonds. The third-order valence-corrected chi connectivity index (χ3v) is 9.21. The van der Waals surface area contributed by atoms with Crippen molar-refractivity contribution in [3.63, 3.8) is 0 Å². The van der Waals surface area contributed by atoms with E-state index < -0.39 is 70.4 Å². The first-order valence-electron chi connectivity index (χ1n) is 17.7. The third-order valence-electron chi connectivity index (χ3n) is 9.21. The Kier molecular flexibility index (Phi) is 15.3. The molecule has 0 spiro atoms. The standard InChI is InChI=1S/2C20H26O7/c2*1-19(2)11-8-12-20(27-19,13-15(21)24-3)18(23)26-16(17(22)25-4)14-9-6-5-7-10-14/h2*5-7,9-10,16H,8,11-13H2,1-4H3/t16?,20-;/m1./s1. The van der Waals surface area contributed by atoms with Crippen LogP contribution in [0.15, 0.2) is 60.7 Å². The molecule has 4 atom stereocenters. The first-order chi connectivity index (χ1) is 25.5. The minimum Gasteiger partial charge on any atom is -0.469 e. The number of methoxy groups -OCH3 is 4. The van der Waals surface area contributed by atoms with Crippen LogP contribution in [0.2, 0.25) is 0 Å². The summed E-state index contributed by atoms with van der Waals surface area (Å²) in [6, 6.07) is 17.1. The zero-order chi connectivity index (χ0) is 40.2. The Labute approximate surface area is 316 Å². The van der Waals surface area contributed by atoms with Gasteiger partial charge in [-0.25, -0.2) is 19.2 Å². The molecule has 296 valence electrons. The summed E-state index contributed by atoms with van der Waals surface area (Å²) in [6.07, 6.45) is 0.368. The Bertz CT molecular complexity index is 1490. The number of carbonyl (C=O) groups is 6. The topological polar surface area (TPSA) is 176 Å². The number of esters is 6. The molecule has 2 aliphatic heterocycles. The molecule has 0 radical (unpaired) electrons. The van der Waals surface area contributed by atoms with Crippen LogP contribution in [0.4, 0.5) is 0 Å².